The van der Waals surface area contributed by atoms with Gasteiger partial charge < -0.3 is 14.3 Å². The van der Waals surface area contributed by atoms with Crippen LogP contribution in [0.1, 0.15) is 18.3 Å². The van der Waals surface area contributed by atoms with Crippen molar-refractivity contribution in [3.63, 3.8) is 0 Å². The Hall–Kier alpha value is -1.03. The van der Waals surface area contributed by atoms with Crippen LogP contribution in [0.15, 0.2) is 28.7 Å². The quantitative estimate of drug-likeness (QED) is 0.893. The molecule has 2 rings (SSSR count). The van der Waals surface area contributed by atoms with Crippen LogP contribution in [-0.4, -0.2) is 18.8 Å². The summed E-state index contributed by atoms with van der Waals surface area (Å²) in [4.78, 5) is 0. The number of aliphatic hydroxyl groups excluding tert-OH is 1. The van der Waals surface area contributed by atoms with Gasteiger partial charge in [-0.25, -0.2) is 0 Å². The van der Waals surface area contributed by atoms with Gasteiger partial charge in [-0.3, -0.25) is 0 Å². The summed E-state index contributed by atoms with van der Waals surface area (Å²) < 4.78 is 10.4. The maximum absolute atomic E-state index is 9.83. The normalized spacial score (nSPS) is 13.2. The third-order valence-electron chi connectivity index (χ3n) is 2.44. The molecule has 3 nitrogen and oxygen atoms in total. The largest absolute Gasteiger partial charge is 0.457 e. The van der Waals surface area contributed by atoms with Crippen LogP contribution in [0.5, 0.6) is 0 Å². The van der Waals surface area contributed by atoms with E-state index in [0.29, 0.717) is 29.4 Å². The highest BCUT2D eigenvalue weighted by Crippen LogP contribution is 2.30. The molecule has 0 aliphatic carbocycles. The number of fused-ring (bicyclic) bond motifs is 1. The number of aliphatic hydroxyl groups is 1. The Labute approximate surface area is 98.6 Å². The van der Waals surface area contributed by atoms with Crippen molar-refractivity contribution in [2.24, 2.45) is 0 Å². The molecule has 1 heterocycles. The van der Waals surface area contributed by atoms with Crippen molar-refractivity contribution in [3.8, 4) is 0 Å². The Balaban J connectivity index is 2.29. The summed E-state index contributed by atoms with van der Waals surface area (Å²) in [7, 11) is 1.60. The van der Waals surface area contributed by atoms with Crippen LogP contribution in [0.3, 0.4) is 0 Å². The van der Waals surface area contributed by atoms with E-state index < -0.39 is 6.10 Å². The molecule has 0 amide bonds. The van der Waals surface area contributed by atoms with Gasteiger partial charge in [0.15, 0.2) is 5.58 Å². The molecule has 1 aromatic carbocycles. The van der Waals surface area contributed by atoms with Crippen molar-refractivity contribution in [2.45, 2.75) is 12.5 Å². The topological polar surface area (TPSA) is 42.6 Å². The summed E-state index contributed by atoms with van der Waals surface area (Å²) in [6, 6.07) is 7.32. The molecule has 1 unspecified atom stereocenters. The van der Waals surface area contributed by atoms with Gasteiger partial charge in [0, 0.05) is 25.5 Å². The number of rotatable bonds is 4. The van der Waals surface area contributed by atoms with Crippen molar-refractivity contribution >= 4 is 22.6 Å². The van der Waals surface area contributed by atoms with Crippen LogP contribution in [0.2, 0.25) is 5.02 Å². The van der Waals surface area contributed by atoms with Gasteiger partial charge in [-0.1, -0.05) is 23.7 Å². The van der Waals surface area contributed by atoms with Crippen molar-refractivity contribution in [1.29, 1.82) is 0 Å². The highest BCUT2D eigenvalue weighted by atomic mass is 35.5. The van der Waals surface area contributed by atoms with Crippen LogP contribution in [-0.2, 0) is 4.74 Å². The maximum atomic E-state index is 9.83. The van der Waals surface area contributed by atoms with Crippen LogP contribution >= 0.6 is 11.6 Å². The zero-order chi connectivity index (χ0) is 11.5. The standard InChI is InChI=1S/C12H13ClO3/c1-15-6-5-10(14)11-7-8-3-2-4-9(13)12(8)16-11/h2-4,7,10,14H,5-6H2,1H3. The van der Waals surface area contributed by atoms with Gasteiger partial charge in [0.05, 0.1) is 5.02 Å². The minimum Gasteiger partial charge on any atom is -0.457 e. The Morgan fingerprint density at radius 2 is 2.31 bits per heavy atom. The van der Waals surface area contributed by atoms with E-state index in [9.17, 15) is 5.11 Å². The number of hydrogen-bond donors (Lipinski definition) is 1. The molecule has 0 radical (unpaired) electrons. The lowest BCUT2D eigenvalue weighted by Crippen LogP contribution is -2.00. The van der Waals surface area contributed by atoms with E-state index in [1.54, 1.807) is 13.2 Å². The summed E-state index contributed by atoms with van der Waals surface area (Å²) >= 11 is 5.98. The molecule has 86 valence electrons. The first kappa shape index (κ1) is 11.5. The summed E-state index contributed by atoms with van der Waals surface area (Å²) in [5.41, 5.74) is 0.621. The van der Waals surface area contributed by atoms with Gasteiger partial charge in [0.25, 0.3) is 0 Å². The van der Waals surface area contributed by atoms with E-state index in [-0.39, 0.29) is 0 Å². The Bertz CT molecular complexity index is 478. The highest BCUT2D eigenvalue weighted by molar-refractivity contribution is 6.34. The first-order valence-corrected chi connectivity index (χ1v) is 5.45. The van der Waals surface area contributed by atoms with E-state index in [2.05, 4.69) is 0 Å². The molecule has 1 atom stereocenters. The SMILES string of the molecule is COCCC(O)c1cc2cccc(Cl)c2o1. The van der Waals surface area contributed by atoms with Gasteiger partial charge in [-0.05, 0) is 12.1 Å². The number of ether oxygens (including phenoxy) is 1. The van der Waals surface area contributed by atoms with E-state index in [1.807, 2.05) is 18.2 Å². The fourth-order valence-corrected chi connectivity index (χ4v) is 1.80. The zero-order valence-electron chi connectivity index (χ0n) is 8.94. The minimum absolute atomic E-state index is 0.492. The number of halogens is 1. The van der Waals surface area contributed by atoms with Crippen LogP contribution < -0.4 is 0 Å². The maximum Gasteiger partial charge on any atom is 0.152 e. The summed E-state index contributed by atoms with van der Waals surface area (Å²) in [6.45, 7) is 0.492. The molecule has 4 heteroatoms. The second-order valence-corrected chi connectivity index (χ2v) is 4.01. The lowest BCUT2D eigenvalue weighted by Gasteiger charge is -2.05. The summed E-state index contributed by atoms with van der Waals surface area (Å²) in [6.07, 6.45) is -0.142. The molecule has 0 spiro atoms. The highest BCUT2D eigenvalue weighted by Gasteiger charge is 2.14. The van der Waals surface area contributed by atoms with Crippen LogP contribution in [0.4, 0.5) is 0 Å². The third kappa shape index (κ3) is 2.21. The predicted octanol–water partition coefficient (Wildman–Crippen LogP) is 3.16. The Morgan fingerprint density at radius 1 is 1.50 bits per heavy atom. The number of hydrogen-bond acceptors (Lipinski definition) is 3. The Morgan fingerprint density at radius 3 is 3.00 bits per heavy atom. The predicted molar refractivity (Wildman–Crippen MR) is 62.7 cm³/mol. The summed E-state index contributed by atoms with van der Waals surface area (Å²) in [5, 5.41) is 11.3. The lowest BCUT2D eigenvalue weighted by atomic mass is 10.2. The van der Waals surface area contributed by atoms with Gasteiger partial charge >= 0.3 is 0 Å². The molecule has 16 heavy (non-hydrogen) atoms. The third-order valence-corrected chi connectivity index (χ3v) is 2.74. The molecule has 0 aliphatic heterocycles. The fourth-order valence-electron chi connectivity index (χ4n) is 1.58. The smallest absolute Gasteiger partial charge is 0.152 e. The second kappa shape index (κ2) is 4.87. The van der Waals surface area contributed by atoms with E-state index in [0.717, 1.165) is 5.39 Å². The second-order valence-electron chi connectivity index (χ2n) is 3.60. The van der Waals surface area contributed by atoms with E-state index in [4.69, 9.17) is 20.8 Å². The molecule has 0 fully saturated rings. The number of benzene rings is 1. The molecule has 0 bridgehead atoms. The van der Waals surface area contributed by atoms with Crippen molar-refractivity contribution in [1.82, 2.24) is 0 Å². The first-order valence-electron chi connectivity index (χ1n) is 5.07. The fraction of sp³-hybridized carbons (Fsp3) is 0.333. The molecule has 0 saturated carbocycles. The van der Waals surface area contributed by atoms with Crippen molar-refractivity contribution in [2.75, 3.05) is 13.7 Å². The molecular weight excluding hydrogens is 228 g/mol. The molecule has 2 aromatic rings. The first-order chi connectivity index (χ1) is 7.72. The van der Waals surface area contributed by atoms with Crippen molar-refractivity contribution in [3.05, 3.63) is 35.0 Å². The number of para-hydroxylation sites is 1. The summed E-state index contributed by atoms with van der Waals surface area (Å²) in [5.74, 6) is 0.528. The van der Waals surface area contributed by atoms with Gasteiger partial charge in [0.1, 0.15) is 11.9 Å². The lowest BCUT2D eigenvalue weighted by molar-refractivity contribution is 0.0960. The molecule has 0 saturated heterocycles. The molecule has 1 aromatic heterocycles. The number of furan rings is 1. The monoisotopic (exact) mass is 240 g/mol. The number of methoxy groups -OCH3 is 1. The van der Waals surface area contributed by atoms with E-state index >= 15 is 0 Å². The van der Waals surface area contributed by atoms with Gasteiger partial charge in [-0.2, -0.15) is 0 Å². The minimum atomic E-state index is -0.650. The zero-order valence-corrected chi connectivity index (χ0v) is 9.70. The van der Waals surface area contributed by atoms with Crippen LogP contribution in [0, 0.1) is 0 Å². The van der Waals surface area contributed by atoms with Gasteiger partial charge in [0.2, 0.25) is 0 Å². The van der Waals surface area contributed by atoms with Crippen molar-refractivity contribution < 1.29 is 14.3 Å². The van der Waals surface area contributed by atoms with E-state index in [1.165, 1.54) is 0 Å². The Kier molecular flexibility index (Phi) is 3.49. The molecule has 1 N–H and O–H groups in total. The average molecular weight is 241 g/mol. The molecular formula is C12H13ClO3. The van der Waals surface area contributed by atoms with Crippen LogP contribution in [0.25, 0.3) is 11.0 Å². The average Bonchev–Trinajstić information content (AvgIpc) is 2.71. The molecule has 0 aliphatic rings. The van der Waals surface area contributed by atoms with Gasteiger partial charge in [-0.15, -0.1) is 0 Å².